The number of amides is 2. The summed E-state index contributed by atoms with van der Waals surface area (Å²) in [6.45, 7) is 4.53. The summed E-state index contributed by atoms with van der Waals surface area (Å²) in [5.74, 6) is -2.53. The number of nitrogens with zero attached hydrogens (tertiary/aromatic N) is 2. The zero-order chi connectivity index (χ0) is 36.1. The molecule has 3 aromatic carbocycles. The molecule has 9 nitrogen and oxygen atoms in total. The van der Waals surface area contributed by atoms with Crippen LogP contribution in [0.5, 0.6) is 0 Å². The van der Waals surface area contributed by atoms with Crippen molar-refractivity contribution in [3.63, 3.8) is 0 Å². The van der Waals surface area contributed by atoms with Crippen molar-refractivity contribution in [2.24, 2.45) is 5.92 Å². The van der Waals surface area contributed by atoms with Gasteiger partial charge in [-0.25, -0.2) is 0 Å². The normalized spacial score (nSPS) is 25.6. The average Bonchev–Trinajstić information content (AvgIpc) is 3.81. The summed E-state index contributed by atoms with van der Waals surface area (Å²) < 4.78 is 58.2. The van der Waals surface area contributed by atoms with Crippen molar-refractivity contribution in [2.75, 3.05) is 33.4 Å². The van der Waals surface area contributed by atoms with Gasteiger partial charge in [0.1, 0.15) is 6.04 Å². The van der Waals surface area contributed by atoms with Crippen molar-refractivity contribution in [3.05, 3.63) is 95.1 Å². The van der Waals surface area contributed by atoms with Gasteiger partial charge >= 0.3 is 12.1 Å². The number of ether oxygens (including phenoxy) is 3. The fourth-order valence-corrected chi connectivity index (χ4v) is 7.60. The Kier molecular flexibility index (Phi) is 11.8. The topological polar surface area (TPSA) is 101 Å². The molecule has 274 valence electrons. The number of benzene rings is 3. The zero-order valence-electron chi connectivity index (χ0n) is 29.0. The van der Waals surface area contributed by atoms with Gasteiger partial charge in [-0.2, -0.15) is 13.2 Å². The van der Waals surface area contributed by atoms with E-state index in [1.165, 1.54) is 0 Å². The molecule has 3 fully saturated rings. The van der Waals surface area contributed by atoms with Crippen LogP contribution in [0.15, 0.2) is 72.8 Å². The lowest BCUT2D eigenvalue weighted by atomic mass is 9.89. The molecule has 0 saturated carbocycles. The second-order valence-corrected chi connectivity index (χ2v) is 13.7. The summed E-state index contributed by atoms with van der Waals surface area (Å²) in [6, 6.07) is 22.4. The predicted molar refractivity (Wildman–Crippen MR) is 184 cm³/mol. The van der Waals surface area contributed by atoms with Crippen molar-refractivity contribution in [1.82, 2.24) is 15.1 Å². The molecule has 0 radical (unpaired) electrons. The monoisotopic (exact) mass is 709 g/mol. The summed E-state index contributed by atoms with van der Waals surface area (Å²) in [5, 5.41) is 12.4. The fourth-order valence-electron chi connectivity index (χ4n) is 7.60. The van der Waals surface area contributed by atoms with Gasteiger partial charge in [-0.05, 0) is 60.0 Å². The largest absolute Gasteiger partial charge is 0.471 e. The summed E-state index contributed by atoms with van der Waals surface area (Å²) in [7, 11) is 1.74. The third kappa shape index (κ3) is 8.47. The maximum absolute atomic E-state index is 13.1. The molecule has 0 bridgehead atoms. The number of alkyl halides is 3. The van der Waals surface area contributed by atoms with E-state index in [1.807, 2.05) is 72.8 Å². The van der Waals surface area contributed by atoms with Gasteiger partial charge in [-0.15, -0.1) is 0 Å². The molecular weight excluding hydrogens is 663 g/mol. The second kappa shape index (κ2) is 16.2. The average molecular weight is 710 g/mol. The minimum absolute atomic E-state index is 0.0322. The van der Waals surface area contributed by atoms with Gasteiger partial charge in [0.05, 0.1) is 25.4 Å². The van der Waals surface area contributed by atoms with Crippen LogP contribution in [0.2, 0.25) is 0 Å². The van der Waals surface area contributed by atoms with Crippen molar-refractivity contribution < 1.29 is 42.1 Å². The van der Waals surface area contributed by atoms with E-state index in [4.69, 9.17) is 14.2 Å². The van der Waals surface area contributed by atoms with Crippen molar-refractivity contribution in [1.29, 1.82) is 0 Å². The van der Waals surface area contributed by atoms with E-state index >= 15 is 0 Å². The molecular formula is C39H46F3N3O6. The van der Waals surface area contributed by atoms with Crippen molar-refractivity contribution in [2.45, 2.75) is 82.5 Å². The van der Waals surface area contributed by atoms with Gasteiger partial charge < -0.3 is 29.5 Å². The molecule has 3 saturated heterocycles. The van der Waals surface area contributed by atoms with E-state index in [1.54, 1.807) is 7.11 Å². The van der Waals surface area contributed by atoms with E-state index in [-0.39, 0.29) is 44.2 Å². The quantitative estimate of drug-likeness (QED) is 0.255. The molecule has 3 aromatic rings. The van der Waals surface area contributed by atoms with Gasteiger partial charge in [0, 0.05) is 44.3 Å². The highest BCUT2D eigenvalue weighted by molar-refractivity contribution is 5.90. The van der Waals surface area contributed by atoms with E-state index in [9.17, 15) is 27.9 Å². The van der Waals surface area contributed by atoms with Gasteiger partial charge in [0.25, 0.3) is 0 Å². The maximum atomic E-state index is 13.1. The first-order chi connectivity index (χ1) is 24.6. The van der Waals surface area contributed by atoms with Crippen molar-refractivity contribution in [3.8, 4) is 11.1 Å². The Morgan fingerprint density at radius 3 is 2.35 bits per heavy atom. The van der Waals surface area contributed by atoms with Crippen LogP contribution in [0.4, 0.5) is 13.2 Å². The summed E-state index contributed by atoms with van der Waals surface area (Å²) in [5.41, 5.74) is 5.23. The molecule has 3 heterocycles. The Balaban J connectivity index is 1.18. The first-order valence-corrected chi connectivity index (χ1v) is 17.6. The Hall–Kier alpha value is -3.81. The number of halogens is 3. The molecule has 2 amide bonds. The minimum atomic E-state index is -5.03. The molecule has 12 heteroatoms. The number of nitrogens with one attached hydrogen (secondary N) is 1. The van der Waals surface area contributed by atoms with E-state index in [0.717, 1.165) is 59.3 Å². The number of aliphatic hydroxyl groups excluding tert-OH is 1. The van der Waals surface area contributed by atoms with Crippen LogP contribution in [0, 0.1) is 5.92 Å². The van der Waals surface area contributed by atoms with E-state index in [2.05, 4.69) is 17.1 Å². The number of likely N-dealkylation sites (tertiary alicyclic amines) is 2. The standard InChI is InChI=1S/C39H46F3N3O6/c1-25-34(22-44-19-5-8-31(44)24-49-2)50-37(51-35(25)28-13-11-26(23-46)12-14-28)29-17-15-27(16-18-29)32-9-4-3-7-30(32)21-43-36(47)33-10-6-20-45(33)38(48)39(40,41)42/h3-4,7,9,11-18,25,31,33-35,37,46H,5-6,8,10,19-24H2,1-2H3,(H,43,47)/t25-,31-,33-,34+,35+,37+/m0/s1. The number of hydrogen-bond acceptors (Lipinski definition) is 7. The maximum Gasteiger partial charge on any atom is 0.471 e. The highest BCUT2D eigenvalue weighted by Gasteiger charge is 2.47. The number of aliphatic hydroxyl groups is 1. The summed E-state index contributed by atoms with van der Waals surface area (Å²) in [6.07, 6.45) is -3.29. The molecule has 0 unspecified atom stereocenters. The van der Waals surface area contributed by atoms with Gasteiger partial charge in [0.2, 0.25) is 5.91 Å². The molecule has 0 aromatic heterocycles. The highest BCUT2D eigenvalue weighted by atomic mass is 19.4. The molecule has 0 spiro atoms. The molecule has 6 rings (SSSR count). The van der Waals surface area contributed by atoms with Crippen LogP contribution in [0.25, 0.3) is 11.1 Å². The van der Waals surface area contributed by atoms with Crippen LogP contribution in [0.3, 0.4) is 0 Å². The second-order valence-electron chi connectivity index (χ2n) is 13.7. The predicted octanol–water partition coefficient (Wildman–Crippen LogP) is 5.92. The number of methoxy groups -OCH3 is 1. The molecule has 6 atom stereocenters. The van der Waals surface area contributed by atoms with Crippen LogP contribution in [-0.4, -0.2) is 84.4 Å². The zero-order valence-corrected chi connectivity index (χ0v) is 29.0. The number of carbonyl (C=O) groups excluding carboxylic acids is 2. The van der Waals surface area contributed by atoms with Gasteiger partial charge in [-0.1, -0.05) is 79.7 Å². The molecule has 0 aliphatic carbocycles. The highest BCUT2D eigenvalue weighted by Crippen LogP contribution is 2.42. The number of rotatable bonds is 11. The van der Waals surface area contributed by atoms with Crippen LogP contribution in [-0.2, 0) is 37.0 Å². The van der Waals surface area contributed by atoms with Gasteiger partial charge in [0.15, 0.2) is 6.29 Å². The first-order valence-electron chi connectivity index (χ1n) is 17.6. The third-order valence-electron chi connectivity index (χ3n) is 10.4. The lowest BCUT2D eigenvalue weighted by molar-refractivity contribution is -0.276. The fraction of sp³-hybridized carbons (Fsp3) is 0.487. The minimum Gasteiger partial charge on any atom is -0.392 e. The van der Waals surface area contributed by atoms with E-state index < -0.39 is 30.3 Å². The first kappa shape index (κ1) is 37.0. The number of hydrogen-bond donors (Lipinski definition) is 2. The molecule has 2 N–H and O–H groups in total. The Bertz CT molecular complexity index is 1640. The Labute approximate surface area is 296 Å². The molecule has 51 heavy (non-hydrogen) atoms. The van der Waals surface area contributed by atoms with Crippen LogP contribution in [0.1, 0.15) is 67.3 Å². The third-order valence-corrected chi connectivity index (χ3v) is 10.4. The van der Waals surface area contributed by atoms with Crippen molar-refractivity contribution >= 4 is 11.8 Å². The van der Waals surface area contributed by atoms with Crippen LogP contribution >= 0.6 is 0 Å². The molecule has 3 aliphatic heterocycles. The van der Waals surface area contributed by atoms with Gasteiger partial charge in [-0.3, -0.25) is 14.5 Å². The SMILES string of the molecule is COC[C@@H]1CCCN1C[C@H]1O[C@@H](c2ccc(-c3ccccc3CNC(=O)[C@@H]3CCCN3C(=O)C(F)(F)F)cc2)O[C@@H](c2ccc(CO)cc2)[C@H]1C. The smallest absolute Gasteiger partial charge is 0.392 e. The Morgan fingerprint density at radius 1 is 0.941 bits per heavy atom. The Morgan fingerprint density at radius 2 is 1.65 bits per heavy atom. The summed E-state index contributed by atoms with van der Waals surface area (Å²) in [4.78, 5) is 27.9. The number of carbonyl (C=O) groups is 2. The lowest BCUT2D eigenvalue weighted by Gasteiger charge is -2.43. The van der Waals surface area contributed by atoms with E-state index in [0.29, 0.717) is 24.0 Å². The summed E-state index contributed by atoms with van der Waals surface area (Å²) >= 11 is 0. The van der Waals surface area contributed by atoms with Crippen LogP contribution < -0.4 is 5.32 Å². The molecule has 3 aliphatic rings. The lowest BCUT2D eigenvalue weighted by Crippen LogP contribution is -2.50.